The van der Waals surface area contributed by atoms with Gasteiger partial charge in [0.1, 0.15) is 5.82 Å². The number of carbonyl (C=O) groups is 1. The average molecular weight is 440 g/mol. The van der Waals surface area contributed by atoms with E-state index in [9.17, 15) is 17.6 Å². The molecule has 3 rings (SSSR count). The third-order valence-electron chi connectivity index (χ3n) is 4.46. The van der Waals surface area contributed by atoms with E-state index in [0.29, 0.717) is 27.8 Å². The lowest BCUT2D eigenvalue weighted by molar-refractivity contribution is -0.140. The van der Waals surface area contributed by atoms with Gasteiger partial charge in [-0.2, -0.15) is 5.10 Å². The molecule has 0 saturated heterocycles. The Hall–Kier alpha value is -2.65. The summed E-state index contributed by atoms with van der Waals surface area (Å²) in [4.78, 5) is 11.7. The number of rotatable bonds is 7. The second kappa shape index (κ2) is 8.38. The van der Waals surface area contributed by atoms with E-state index in [4.69, 9.17) is 16.3 Å². The van der Waals surface area contributed by atoms with Crippen LogP contribution in [0.25, 0.3) is 10.9 Å². The number of nitrogens with one attached hydrogen (secondary N) is 2. The van der Waals surface area contributed by atoms with Crippen molar-refractivity contribution in [2.24, 2.45) is 0 Å². The Labute approximate surface area is 172 Å². The van der Waals surface area contributed by atoms with Crippen molar-refractivity contribution in [1.29, 1.82) is 0 Å². The maximum Gasteiger partial charge on any atom is 0.305 e. The number of benzene rings is 2. The molecule has 3 aromatic rings. The number of H-pyrrole nitrogens is 1. The van der Waals surface area contributed by atoms with Gasteiger partial charge in [0.25, 0.3) is 0 Å². The van der Waals surface area contributed by atoms with Crippen LogP contribution in [-0.4, -0.2) is 38.0 Å². The van der Waals surface area contributed by atoms with Crippen LogP contribution >= 0.6 is 11.6 Å². The highest BCUT2D eigenvalue weighted by molar-refractivity contribution is 7.92. The molecule has 154 valence electrons. The summed E-state index contributed by atoms with van der Waals surface area (Å²) in [6.07, 6.45) is 1.35. The number of aromatic amines is 1. The number of para-hydroxylation sites is 1. The van der Waals surface area contributed by atoms with E-state index in [1.165, 1.54) is 13.2 Å². The van der Waals surface area contributed by atoms with Crippen LogP contribution in [0.2, 0.25) is 5.02 Å². The molecule has 1 aromatic heterocycles. The molecule has 0 radical (unpaired) electrons. The molecule has 0 amide bonds. The summed E-state index contributed by atoms with van der Waals surface area (Å²) < 4.78 is 45.1. The lowest BCUT2D eigenvalue weighted by Gasteiger charge is -2.16. The Morgan fingerprint density at radius 2 is 2.10 bits per heavy atom. The number of methoxy groups -OCH3 is 1. The zero-order valence-electron chi connectivity index (χ0n) is 15.7. The number of nitrogens with zero attached hydrogens (tertiary/aromatic N) is 1. The first-order valence-corrected chi connectivity index (χ1v) is 10.9. The Morgan fingerprint density at radius 1 is 1.34 bits per heavy atom. The molecule has 2 N–H and O–H groups in total. The Morgan fingerprint density at radius 3 is 2.76 bits per heavy atom. The highest BCUT2D eigenvalue weighted by atomic mass is 35.5. The van der Waals surface area contributed by atoms with Crippen molar-refractivity contribution in [3.63, 3.8) is 0 Å². The summed E-state index contributed by atoms with van der Waals surface area (Å²) in [5.74, 6) is -1.52. The monoisotopic (exact) mass is 439 g/mol. The van der Waals surface area contributed by atoms with Gasteiger partial charge in [0.2, 0.25) is 10.0 Å². The van der Waals surface area contributed by atoms with Crippen LogP contribution in [0.4, 0.5) is 10.1 Å². The molecule has 0 fully saturated rings. The van der Waals surface area contributed by atoms with Crippen LogP contribution in [0.15, 0.2) is 36.4 Å². The second-order valence-electron chi connectivity index (χ2n) is 6.54. The largest absolute Gasteiger partial charge is 0.469 e. The fraction of sp³-hybridized carbons (Fsp3) is 0.263. The highest BCUT2D eigenvalue weighted by Crippen LogP contribution is 2.36. The van der Waals surface area contributed by atoms with Gasteiger partial charge in [-0.05, 0) is 30.2 Å². The van der Waals surface area contributed by atoms with Gasteiger partial charge in [-0.15, -0.1) is 0 Å². The number of hydrogen-bond acceptors (Lipinski definition) is 5. The van der Waals surface area contributed by atoms with Crippen LogP contribution in [0.3, 0.4) is 0 Å². The number of carbonyl (C=O) groups excluding carboxylic acids is 1. The summed E-state index contributed by atoms with van der Waals surface area (Å²) in [7, 11) is -2.22. The van der Waals surface area contributed by atoms with Gasteiger partial charge < -0.3 is 4.74 Å². The summed E-state index contributed by atoms with van der Waals surface area (Å²) in [5.41, 5.74) is 1.60. The molecule has 0 aliphatic carbocycles. The minimum absolute atomic E-state index is 0.0544. The first-order chi connectivity index (χ1) is 13.7. The fourth-order valence-corrected chi connectivity index (χ4v) is 3.93. The van der Waals surface area contributed by atoms with E-state index < -0.39 is 27.7 Å². The normalized spacial score (nSPS) is 12.7. The number of ether oxygens (including phenoxy) is 1. The van der Waals surface area contributed by atoms with E-state index in [0.717, 1.165) is 6.26 Å². The minimum Gasteiger partial charge on any atom is -0.469 e. The van der Waals surface area contributed by atoms with Crippen molar-refractivity contribution in [1.82, 2.24) is 10.2 Å². The zero-order chi connectivity index (χ0) is 21.2. The maximum absolute atomic E-state index is 14.7. The molecule has 1 atom stereocenters. The number of aromatic nitrogens is 2. The van der Waals surface area contributed by atoms with E-state index in [1.807, 2.05) is 0 Å². The number of esters is 1. The van der Waals surface area contributed by atoms with Gasteiger partial charge in [-0.25, -0.2) is 12.8 Å². The van der Waals surface area contributed by atoms with Crippen molar-refractivity contribution >= 4 is 44.2 Å². The van der Waals surface area contributed by atoms with Gasteiger partial charge >= 0.3 is 5.97 Å². The number of sulfonamides is 1. The van der Waals surface area contributed by atoms with Gasteiger partial charge in [-0.1, -0.05) is 29.8 Å². The SMILES string of the molecule is COC(=O)CCC(c1ccc(Cl)cc1F)c1n[nH]c2c(NS(C)(=O)=O)cccc12. The molecule has 0 saturated carbocycles. The topological polar surface area (TPSA) is 101 Å². The summed E-state index contributed by atoms with van der Waals surface area (Å²) >= 11 is 5.87. The van der Waals surface area contributed by atoms with Crippen molar-refractivity contribution < 1.29 is 22.3 Å². The van der Waals surface area contributed by atoms with Crippen LogP contribution in [0.5, 0.6) is 0 Å². The lowest BCUT2D eigenvalue weighted by Crippen LogP contribution is -2.10. The van der Waals surface area contributed by atoms with Crippen molar-refractivity contribution in [3.05, 3.63) is 58.5 Å². The first-order valence-electron chi connectivity index (χ1n) is 8.66. The van der Waals surface area contributed by atoms with Crippen LogP contribution in [0, 0.1) is 5.82 Å². The van der Waals surface area contributed by atoms with Crippen LogP contribution in [-0.2, 0) is 19.6 Å². The smallest absolute Gasteiger partial charge is 0.305 e. The third kappa shape index (κ3) is 4.86. The fourth-order valence-electron chi connectivity index (χ4n) is 3.20. The molecule has 2 aromatic carbocycles. The molecule has 0 aliphatic heterocycles. The Kier molecular flexibility index (Phi) is 6.09. The van der Waals surface area contributed by atoms with Gasteiger partial charge in [0, 0.05) is 22.7 Å². The predicted octanol–water partition coefficient (Wildman–Crippen LogP) is 3.81. The summed E-state index contributed by atoms with van der Waals surface area (Å²) in [6, 6.07) is 9.34. The lowest BCUT2D eigenvalue weighted by atomic mass is 9.89. The molecule has 29 heavy (non-hydrogen) atoms. The molecule has 0 spiro atoms. The minimum atomic E-state index is -3.50. The van der Waals surface area contributed by atoms with Crippen molar-refractivity contribution in [2.45, 2.75) is 18.8 Å². The van der Waals surface area contributed by atoms with E-state index >= 15 is 0 Å². The van der Waals surface area contributed by atoms with E-state index in [1.54, 1.807) is 30.3 Å². The summed E-state index contributed by atoms with van der Waals surface area (Å²) in [6.45, 7) is 0. The molecule has 1 unspecified atom stereocenters. The third-order valence-corrected chi connectivity index (χ3v) is 5.28. The van der Waals surface area contributed by atoms with Crippen molar-refractivity contribution in [3.8, 4) is 0 Å². The molecule has 7 nitrogen and oxygen atoms in total. The molecule has 0 aliphatic rings. The van der Waals surface area contributed by atoms with E-state index in [-0.39, 0.29) is 17.9 Å². The zero-order valence-corrected chi connectivity index (χ0v) is 17.3. The Bertz CT molecular complexity index is 1160. The Balaban J connectivity index is 2.11. The highest BCUT2D eigenvalue weighted by Gasteiger charge is 2.25. The van der Waals surface area contributed by atoms with E-state index in [2.05, 4.69) is 14.9 Å². The molecular weight excluding hydrogens is 421 g/mol. The second-order valence-corrected chi connectivity index (χ2v) is 8.73. The number of fused-ring (bicyclic) bond motifs is 1. The molecule has 10 heteroatoms. The quantitative estimate of drug-likeness (QED) is 0.545. The molecular formula is C19H19ClFN3O4S. The maximum atomic E-state index is 14.7. The number of halogens is 2. The summed E-state index contributed by atoms with van der Waals surface area (Å²) in [5, 5.41) is 8.01. The number of anilines is 1. The number of hydrogen-bond donors (Lipinski definition) is 2. The predicted molar refractivity (Wildman–Crippen MR) is 109 cm³/mol. The average Bonchev–Trinajstić information content (AvgIpc) is 3.07. The standard InChI is InChI=1S/C19H19ClFN3O4S/c1-28-17(25)9-8-13(12-7-6-11(20)10-15(12)21)18-14-4-3-5-16(19(14)23-22-18)24-29(2,26)27/h3-7,10,13,24H,8-9H2,1-2H3,(H,22,23). The van der Waals surface area contributed by atoms with Gasteiger partial charge in [-0.3, -0.25) is 14.6 Å². The van der Waals surface area contributed by atoms with Crippen LogP contribution < -0.4 is 4.72 Å². The van der Waals surface area contributed by atoms with Crippen molar-refractivity contribution in [2.75, 3.05) is 18.1 Å². The first kappa shape index (κ1) is 21.1. The van der Waals surface area contributed by atoms with Crippen LogP contribution in [0.1, 0.15) is 30.0 Å². The van der Waals surface area contributed by atoms with Gasteiger partial charge in [0.05, 0.1) is 30.3 Å². The molecule has 1 heterocycles. The molecule has 0 bridgehead atoms. The van der Waals surface area contributed by atoms with Gasteiger partial charge in [0.15, 0.2) is 0 Å².